The minimum atomic E-state index is -0.463. The predicted molar refractivity (Wildman–Crippen MR) is 107 cm³/mol. The van der Waals surface area contributed by atoms with Gasteiger partial charge in [-0.05, 0) is 37.3 Å². The van der Waals surface area contributed by atoms with Crippen molar-refractivity contribution in [3.05, 3.63) is 81.0 Å². The molecule has 0 unspecified atom stereocenters. The Morgan fingerprint density at radius 3 is 2.89 bits per heavy atom. The van der Waals surface area contributed by atoms with Crippen LogP contribution in [0.2, 0.25) is 5.02 Å². The third-order valence-corrected chi connectivity index (χ3v) is 4.70. The van der Waals surface area contributed by atoms with E-state index in [-0.39, 0.29) is 10.9 Å². The Morgan fingerprint density at radius 2 is 2.15 bits per heavy atom. The molecule has 1 amide bonds. The zero-order valence-electron chi connectivity index (χ0n) is 14.4. The van der Waals surface area contributed by atoms with Gasteiger partial charge in [0, 0.05) is 17.0 Å². The second kappa shape index (κ2) is 8.79. The number of aromatic nitrogens is 1. The summed E-state index contributed by atoms with van der Waals surface area (Å²) >= 11 is 7.48. The van der Waals surface area contributed by atoms with E-state index in [0.29, 0.717) is 18.0 Å². The number of para-hydroxylation sites is 1. The Labute approximate surface area is 165 Å². The van der Waals surface area contributed by atoms with Crippen LogP contribution in [0, 0.1) is 12.7 Å². The molecular formula is C20H16ClFN2O2S. The number of benzene rings is 2. The zero-order chi connectivity index (χ0) is 19.2. The highest BCUT2D eigenvalue weighted by molar-refractivity contribution is 7.09. The monoisotopic (exact) mass is 402 g/mol. The van der Waals surface area contributed by atoms with Crippen molar-refractivity contribution in [2.24, 2.45) is 0 Å². The number of nitrogens with one attached hydrogen (secondary N) is 1. The number of nitrogens with zero attached hydrogens (tertiary/aromatic N) is 1. The highest BCUT2D eigenvalue weighted by Crippen LogP contribution is 2.23. The highest BCUT2D eigenvalue weighted by Gasteiger charge is 2.06. The van der Waals surface area contributed by atoms with Crippen molar-refractivity contribution in [3.8, 4) is 5.75 Å². The van der Waals surface area contributed by atoms with Crippen LogP contribution in [0.4, 0.5) is 10.1 Å². The third kappa shape index (κ3) is 5.39. The number of rotatable bonds is 6. The van der Waals surface area contributed by atoms with Gasteiger partial charge in [0.05, 0.1) is 21.4 Å². The molecule has 1 heterocycles. The van der Waals surface area contributed by atoms with Crippen molar-refractivity contribution in [1.82, 2.24) is 4.98 Å². The number of amides is 1. The molecule has 2 aromatic carbocycles. The third-order valence-electron chi connectivity index (χ3n) is 3.56. The largest absolute Gasteiger partial charge is 0.487 e. The Kier molecular flexibility index (Phi) is 6.21. The van der Waals surface area contributed by atoms with Crippen LogP contribution in [0.3, 0.4) is 0 Å². The first kappa shape index (κ1) is 19.1. The summed E-state index contributed by atoms with van der Waals surface area (Å²) in [4.78, 5) is 16.5. The van der Waals surface area contributed by atoms with Gasteiger partial charge in [-0.15, -0.1) is 11.3 Å². The van der Waals surface area contributed by atoms with Crippen LogP contribution in [0.15, 0.2) is 53.9 Å². The van der Waals surface area contributed by atoms with Gasteiger partial charge in [0.1, 0.15) is 18.2 Å². The summed E-state index contributed by atoms with van der Waals surface area (Å²) in [5.74, 6) is -0.199. The zero-order valence-corrected chi connectivity index (χ0v) is 16.0. The molecule has 1 aromatic heterocycles. The van der Waals surface area contributed by atoms with Crippen molar-refractivity contribution >= 4 is 40.6 Å². The smallest absolute Gasteiger partial charge is 0.248 e. The van der Waals surface area contributed by atoms with E-state index in [1.165, 1.54) is 18.2 Å². The lowest BCUT2D eigenvalue weighted by atomic mass is 10.2. The number of hydrogen-bond donors (Lipinski definition) is 1. The summed E-state index contributed by atoms with van der Waals surface area (Å²) in [6.45, 7) is 2.30. The maximum absolute atomic E-state index is 13.1. The molecule has 138 valence electrons. The first-order chi connectivity index (χ1) is 13.0. The minimum absolute atomic E-state index is 0.138. The van der Waals surface area contributed by atoms with Gasteiger partial charge in [0.25, 0.3) is 0 Å². The fourth-order valence-corrected chi connectivity index (χ4v) is 3.12. The molecule has 0 fully saturated rings. The average Bonchev–Trinajstić information content (AvgIpc) is 3.06. The molecule has 3 aromatic rings. The standard InChI is InChI=1S/C20H16ClFN2O2S/c1-13-23-16(12-27-13)11-26-19-5-3-2-4-14(19)6-9-20(25)24-18-8-7-15(22)10-17(18)21/h2-10,12H,11H2,1H3,(H,24,25)/b9-6+. The van der Waals surface area contributed by atoms with Gasteiger partial charge in [0.15, 0.2) is 0 Å². The van der Waals surface area contributed by atoms with E-state index < -0.39 is 5.82 Å². The number of anilines is 1. The Balaban J connectivity index is 1.66. The van der Waals surface area contributed by atoms with E-state index in [0.717, 1.165) is 22.3 Å². The molecule has 4 nitrogen and oxygen atoms in total. The molecule has 0 aliphatic heterocycles. The SMILES string of the molecule is Cc1nc(COc2ccccc2/C=C/C(=O)Nc2ccc(F)cc2Cl)cs1. The molecule has 27 heavy (non-hydrogen) atoms. The van der Waals surface area contributed by atoms with E-state index in [9.17, 15) is 9.18 Å². The van der Waals surface area contributed by atoms with Crippen LogP contribution < -0.4 is 10.1 Å². The summed E-state index contributed by atoms with van der Waals surface area (Å²) in [6.07, 6.45) is 3.02. The van der Waals surface area contributed by atoms with E-state index in [4.69, 9.17) is 16.3 Å². The van der Waals surface area contributed by atoms with Crippen LogP contribution in [0.25, 0.3) is 6.08 Å². The molecule has 0 aliphatic rings. The van der Waals surface area contributed by atoms with Crippen LogP contribution in [0.1, 0.15) is 16.3 Å². The van der Waals surface area contributed by atoms with E-state index in [1.54, 1.807) is 17.4 Å². The van der Waals surface area contributed by atoms with E-state index in [1.807, 2.05) is 36.6 Å². The number of hydrogen-bond acceptors (Lipinski definition) is 4. The summed E-state index contributed by atoms with van der Waals surface area (Å²) in [5.41, 5.74) is 1.96. The summed E-state index contributed by atoms with van der Waals surface area (Å²) in [5, 5.41) is 5.69. The molecule has 0 aliphatic carbocycles. The first-order valence-corrected chi connectivity index (χ1v) is 9.34. The lowest BCUT2D eigenvalue weighted by molar-refractivity contribution is -0.111. The van der Waals surface area contributed by atoms with Gasteiger partial charge >= 0.3 is 0 Å². The molecule has 7 heteroatoms. The van der Waals surface area contributed by atoms with E-state index >= 15 is 0 Å². The molecule has 0 spiro atoms. The maximum Gasteiger partial charge on any atom is 0.248 e. The minimum Gasteiger partial charge on any atom is -0.487 e. The second-order valence-electron chi connectivity index (χ2n) is 5.63. The van der Waals surface area contributed by atoms with Crippen LogP contribution in [-0.2, 0) is 11.4 Å². The van der Waals surface area contributed by atoms with Crippen molar-refractivity contribution < 1.29 is 13.9 Å². The fourth-order valence-electron chi connectivity index (χ4n) is 2.31. The number of aryl methyl sites for hydroxylation is 1. The molecule has 0 radical (unpaired) electrons. The number of carbonyl (C=O) groups excluding carboxylic acids is 1. The molecule has 0 atom stereocenters. The van der Waals surface area contributed by atoms with Crippen molar-refractivity contribution in [2.45, 2.75) is 13.5 Å². The van der Waals surface area contributed by atoms with Crippen LogP contribution >= 0.6 is 22.9 Å². The summed E-state index contributed by atoms with van der Waals surface area (Å²) < 4.78 is 18.9. The van der Waals surface area contributed by atoms with Gasteiger partial charge < -0.3 is 10.1 Å². The van der Waals surface area contributed by atoms with Gasteiger partial charge in [0.2, 0.25) is 5.91 Å². The molecule has 0 saturated carbocycles. The predicted octanol–water partition coefficient (Wildman–Crippen LogP) is 5.47. The van der Waals surface area contributed by atoms with Crippen molar-refractivity contribution in [2.75, 3.05) is 5.32 Å². The second-order valence-corrected chi connectivity index (χ2v) is 7.10. The highest BCUT2D eigenvalue weighted by atomic mass is 35.5. The molecule has 3 rings (SSSR count). The fraction of sp³-hybridized carbons (Fsp3) is 0.100. The van der Waals surface area contributed by atoms with Crippen LogP contribution in [0.5, 0.6) is 5.75 Å². The number of ether oxygens (including phenoxy) is 1. The van der Waals surface area contributed by atoms with Gasteiger partial charge in [-0.25, -0.2) is 9.37 Å². The number of thiazole rings is 1. The lowest BCUT2D eigenvalue weighted by Crippen LogP contribution is -2.08. The van der Waals surface area contributed by atoms with Gasteiger partial charge in [-0.1, -0.05) is 29.8 Å². The normalized spacial score (nSPS) is 10.9. The quantitative estimate of drug-likeness (QED) is 0.556. The molecule has 0 bridgehead atoms. The molecular weight excluding hydrogens is 387 g/mol. The van der Waals surface area contributed by atoms with Gasteiger partial charge in [-0.2, -0.15) is 0 Å². The Hall–Kier alpha value is -2.70. The Bertz CT molecular complexity index is 988. The van der Waals surface area contributed by atoms with Crippen molar-refractivity contribution in [1.29, 1.82) is 0 Å². The molecule has 1 N–H and O–H groups in total. The Morgan fingerprint density at radius 1 is 1.33 bits per heavy atom. The average molecular weight is 403 g/mol. The number of carbonyl (C=O) groups is 1. The number of halogens is 2. The lowest BCUT2D eigenvalue weighted by Gasteiger charge is -2.08. The topological polar surface area (TPSA) is 51.2 Å². The summed E-state index contributed by atoms with van der Waals surface area (Å²) in [6, 6.07) is 11.2. The summed E-state index contributed by atoms with van der Waals surface area (Å²) in [7, 11) is 0. The van der Waals surface area contributed by atoms with Gasteiger partial charge in [-0.3, -0.25) is 4.79 Å². The maximum atomic E-state index is 13.1. The van der Waals surface area contributed by atoms with E-state index in [2.05, 4.69) is 10.3 Å². The van der Waals surface area contributed by atoms with Crippen LogP contribution in [-0.4, -0.2) is 10.9 Å². The van der Waals surface area contributed by atoms with Crippen molar-refractivity contribution in [3.63, 3.8) is 0 Å². The first-order valence-electron chi connectivity index (χ1n) is 8.08. The molecule has 0 saturated heterocycles.